The Hall–Kier alpha value is -2.54. The fraction of sp³-hybridized carbons (Fsp3) is 0.250. The van der Waals surface area contributed by atoms with E-state index in [9.17, 15) is 9.59 Å². The fourth-order valence-electron chi connectivity index (χ4n) is 2.25. The Labute approximate surface area is 137 Å². The van der Waals surface area contributed by atoms with Crippen molar-refractivity contribution in [2.75, 3.05) is 7.05 Å². The van der Waals surface area contributed by atoms with Crippen molar-refractivity contribution in [3.05, 3.63) is 56.5 Å². The lowest BCUT2D eigenvalue weighted by Gasteiger charge is -2.17. The molecule has 118 valence electrons. The zero-order chi connectivity index (χ0) is 16.4. The molecule has 3 aromatic rings. The zero-order valence-electron chi connectivity index (χ0n) is 12.9. The molecule has 0 unspecified atom stereocenters. The van der Waals surface area contributed by atoms with Crippen LogP contribution in [0.5, 0.6) is 0 Å². The molecule has 0 aliphatic rings. The number of carbonyl (C=O) groups excluding carboxylic acids is 1. The van der Waals surface area contributed by atoms with E-state index in [1.165, 1.54) is 0 Å². The van der Waals surface area contributed by atoms with Crippen LogP contribution in [0.2, 0.25) is 0 Å². The van der Waals surface area contributed by atoms with Gasteiger partial charge in [0.2, 0.25) is 5.91 Å². The standard InChI is InChI=1S/C16H16N4O2S/c1-11-7-8-23-14(11)9-19(2)15(21)10-20-16(22)12-5-3-4-6-13(12)17-18-20/h3-8H,9-10H2,1-2H3. The van der Waals surface area contributed by atoms with Gasteiger partial charge in [0.25, 0.3) is 5.56 Å². The Balaban J connectivity index is 1.79. The first-order chi connectivity index (χ1) is 11.1. The summed E-state index contributed by atoms with van der Waals surface area (Å²) in [6.07, 6.45) is 0. The minimum Gasteiger partial charge on any atom is -0.339 e. The first-order valence-corrected chi connectivity index (χ1v) is 8.03. The molecule has 0 bridgehead atoms. The minimum absolute atomic E-state index is 0.114. The van der Waals surface area contributed by atoms with Gasteiger partial charge in [-0.1, -0.05) is 17.3 Å². The average molecular weight is 328 g/mol. The van der Waals surface area contributed by atoms with Crippen LogP contribution in [-0.4, -0.2) is 32.8 Å². The maximum absolute atomic E-state index is 12.3. The number of fused-ring (bicyclic) bond motifs is 1. The SMILES string of the molecule is Cc1ccsc1CN(C)C(=O)Cn1nnc2ccccc2c1=O. The maximum atomic E-state index is 12.3. The van der Waals surface area contributed by atoms with Crippen LogP contribution in [0, 0.1) is 6.92 Å². The highest BCUT2D eigenvalue weighted by molar-refractivity contribution is 7.10. The van der Waals surface area contributed by atoms with Crippen molar-refractivity contribution in [1.29, 1.82) is 0 Å². The molecule has 2 aromatic heterocycles. The number of hydrogen-bond acceptors (Lipinski definition) is 5. The first kappa shape index (κ1) is 15.4. The van der Waals surface area contributed by atoms with E-state index in [-0.39, 0.29) is 18.0 Å². The average Bonchev–Trinajstić information content (AvgIpc) is 2.95. The number of rotatable bonds is 4. The number of carbonyl (C=O) groups is 1. The monoisotopic (exact) mass is 328 g/mol. The maximum Gasteiger partial charge on any atom is 0.278 e. The van der Waals surface area contributed by atoms with Crippen molar-refractivity contribution in [2.45, 2.75) is 20.0 Å². The van der Waals surface area contributed by atoms with E-state index < -0.39 is 0 Å². The van der Waals surface area contributed by atoms with Gasteiger partial charge in [-0.2, -0.15) is 0 Å². The van der Waals surface area contributed by atoms with Gasteiger partial charge in [0.15, 0.2) is 0 Å². The summed E-state index contributed by atoms with van der Waals surface area (Å²) in [4.78, 5) is 27.4. The van der Waals surface area contributed by atoms with Gasteiger partial charge in [0.05, 0.1) is 11.9 Å². The van der Waals surface area contributed by atoms with Crippen LogP contribution < -0.4 is 5.56 Å². The highest BCUT2D eigenvalue weighted by Gasteiger charge is 2.14. The molecular weight excluding hydrogens is 312 g/mol. The molecule has 0 aliphatic carbocycles. The summed E-state index contributed by atoms with van der Waals surface area (Å²) in [7, 11) is 1.72. The van der Waals surface area contributed by atoms with E-state index in [1.807, 2.05) is 18.4 Å². The number of hydrogen-bond donors (Lipinski definition) is 0. The van der Waals surface area contributed by atoms with Gasteiger partial charge in [-0.25, -0.2) is 4.68 Å². The van der Waals surface area contributed by atoms with Crippen LogP contribution in [0.4, 0.5) is 0 Å². The molecule has 0 saturated carbocycles. The number of amides is 1. The lowest BCUT2D eigenvalue weighted by atomic mass is 10.2. The summed E-state index contributed by atoms with van der Waals surface area (Å²) < 4.78 is 1.11. The second-order valence-corrected chi connectivity index (χ2v) is 6.35. The Kier molecular flexibility index (Phi) is 4.20. The Morgan fingerprint density at radius 3 is 2.83 bits per heavy atom. The summed E-state index contributed by atoms with van der Waals surface area (Å²) in [5, 5.41) is 10.3. The van der Waals surface area contributed by atoms with Gasteiger partial charge in [-0.05, 0) is 36.1 Å². The number of likely N-dealkylation sites (N-methyl/N-ethyl adjacent to an activating group) is 1. The second-order valence-electron chi connectivity index (χ2n) is 5.35. The molecule has 0 radical (unpaired) electrons. The van der Waals surface area contributed by atoms with E-state index in [0.29, 0.717) is 17.4 Å². The summed E-state index contributed by atoms with van der Waals surface area (Å²) in [6, 6.07) is 9.00. The summed E-state index contributed by atoms with van der Waals surface area (Å²) in [6.45, 7) is 2.43. The lowest BCUT2D eigenvalue weighted by Crippen LogP contribution is -2.35. The van der Waals surface area contributed by atoms with E-state index in [2.05, 4.69) is 10.3 Å². The van der Waals surface area contributed by atoms with E-state index in [1.54, 1.807) is 47.5 Å². The minimum atomic E-state index is -0.301. The molecule has 6 nitrogen and oxygen atoms in total. The molecule has 1 amide bonds. The van der Waals surface area contributed by atoms with Crippen LogP contribution >= 0.6 is 11.3 Å². The summed E-state index contributed by atoms with van der Waals surface area (Å²) >= 11 is 1.62. The third-order valence-electron chi connectivity index (χ3n) is 3.69. The van der Waals surface area contributed by atoms with Gasteiger partial charge in [-0.15, -0.1) is 16.4 Å². The Bertz CT molecular complexity index is 916. The molecule has 23 heavy (non-hydrogen) atoms. The van der Waals surface area contributed by atoms with Crippen LogP contribution in [0.15, 0.2) is 40.5 Å². The Morgan fingerprint density at radius 1 is 1.30 bits per heavy atom. The van der Waals surface area contributed by atoms with Crippen molar-refractivity contribution in [3.8, 4) is 0 Å². The molecular formula is C16H16N4O2S. The van der Waals surface area contributed by atoms with Crippen LogP contribution in [-0.2, 0) is 17.9 Å². The topological polar surface area (TPSA) is 68.1 Å². The third kappa shape index (κ3) is 3.14. The molecule has 0 aliphatic heterocycles. The van der Waals surface area contributed by atoms with Gasteiger partial charge < -0.3 is 4.90 Å². The normalized spacial score (nSPS) is 10.9. The lowest BCUT2D eigenvalue weighted by molar-refractivity contribution is -0.131. The molecule has 7 heteroatoms. The molecule has 2 heterocycles. The highest BCUT2D eigenvalue weighted by Crippen LogP contribution is 2.17. The molecule has 1 aromatic carbocycles. The van der Waals surface area contributed by atoms with Gasteiger partial charge in [0, 0.05) is 11.9 Å². The van der Waals surface area contributed by atoms with E-state index in [4.69, 9.17) is 0 Å². The molecule has 0 saturated heterocycles. The van der Waals surface area contributed by atoms with Crippen molar-refractivity contribution in [2.24, 2.45) is 0 Å². The van der Waals surface area contributed by atoms with Crippen LogP contribution in [0.3, 0.4) is 0 Å². The molecule has 0 N–H and O–H groups in total. The number of aromatic nitrogens is 3. The number of thiophene rings is 1. The van der Waals surface area contributed by atoms with E-state index in [0.717, 1.165) is 15.1 Å². The van der Waals surface area contributed by atoms with Gasteiger partial charge in [0.1, 0.15) is 12.1 Å². The predicted octanol–water partition coefficient (Wildman–Crippen LogP) is 1.82. The van der Waals surface area contributed by atoms with E-state index >= 15 is 0 Å². The molecule has 0 atom stereocenters. The number of benzene rings is 1. The zero-order valence-corrected chi connectivity index (χ0v) is 13.7. The van der Waals surface area contributed by atoms with Gasteiger partial charge in [-0.3, -0.25) is 9.59 Å². The van der Waals surface area contributed by atoms with Crippen molar-refractivity contribution < 1.29 is 4.79 Å². The van der Waals surface area contributed by atoms with Crippen molar-refractivity contribution in [3.63, 3.8) is 0 Å². The predicted molar refractivity (Wildman–Crippen MR) is 89.3 cm³/mol. The van der Waals surface area contributed by atoms with Crippen molar-refractivity contribution >= 4 is 28.1 Å². The second kappa shape index (κ2) is 6.29. The van der Waals surface area contributed by atoms with Crippen LogP contribution in [0.25, 0.3) is 10.9 Å². The number of nitrogens with zero attached hydrogens (tertiary/aromatic N) is 4. The smallest absolute Gasteiger partial charge is 0.278 e. The van der Waals surface area contributed by atoms with Crippen molar-refractivity contribution in [1.82, 2.24) is 19.9 Å². The largest absolute Gasteiger partial charge is 0.339 e. The molecule has 0 fully saturated rings. The number of aryl methyl sites for hydroxylation is 1. The first-order valence-electron chi connectivity index (χ1n) is 7.16. The summed E-state index contributed by atoms with van der Waals surface area (Å²) in [5.41, 5.74) is 1.39. The molecule has 3 rings (SSSR count). The highest BCUT2D eigenvalue weighted by atomic mass is 32.1. The van der Waals surface area contributed by atoms with Crippen LogP contribution in [0.1, 0.15) is 10.4 Å². The van der Waals surface area contributed by atoms with Gasteiger partial charge >= 0.3 is 0 Å². The fourth-order valence-corrected chi connectivity index (χ4v) is 3.20. The summed E-state index contributed by atoms with van der Waals surface area (Å²) in [5.74, 6) is -0.176. The Morgan fingerprint density at radius 2 is 2.09 bits per heavy atom. The molecule has 0 spiro atoms. The third-order valence-corrected chi connectivity index (χ3v) is 4.70. The quantitative estimate of drug-likeness (QED) is 0.732.